The molecule has 5 nitrogen and oxygen atoms in total. The molecule has 0 unspecified atom stereocenters. The number of carbonyl (C=O) groups is 2. The molecule has 2 aromatic carbocycles. The van der Waals surface area contributed by atoms with Crippen molar-refractivity contribution in [3.05, 3.63) is 64.2 Å². The predicted octanol–water partition coefficient (Wildman–Crippen LogP) is 3.17. The highest BCUT2D eigenvalue weighted by atomic mass is 16.3. The van der Waals surface area contributed by atoms with Crippen molar-refractivity contribution in [1.82, 2.24) is 9.80 Å². The summed E-state index contributed by atoms with van der Waals surface area (Å²) in [6.45, 7) is 7.70. The zero-order valence-electron chi connectivity index (χ0n) is 16.2. The van der Waals surface area contributed by atoms with E-state index >= 15 is 0 Å². The third-order valence-electron chi connectivity index (χ3n) is 5.40. The first-order chi connectivity index (χ1) is 12.9. The zero-order chi connectivity index (χ0) is 19.6. The van der Waals surface area contributed by atoms with E-state index in [0.717, 1.165) is 17.5 Å². The van der Waals surface area contributed by atoms with Crippen molar-refractivity contribution in [2.75, 3.05) is 26.2 Å². The Bertz CT molecular complexity index is 851. The van der Waals surface area contributed by atoms with E-state index in [9.17, 15) is 14.7 Å². The molecule has 0 aliphatic carbocycles. The lowest BCUT2D eigenvalue weighted by Crippen LogP contribution is -2.50. The third-order valence-corrected chi connectivity index (χ3v) is 5.40. The first-order valence-electron chi connectivity index (χ1n) is 9.39. The van der Waals surface area contributed by atoms with Crippen molar-refractivity contribution < 1.29 is 14.7 Å². The second-order valence-corrected chi connectivity index (χ2v) is 7.04. The Morgan fingerprint density at radius 1 is 0.889 bits per heavy atom. The lowest BCUT2D eigenvalue weighted by Gasteiger charge is -2.35. The van der Waals surface area contributed by atoms with Crippen LogP contribution in [0.25, 0.3) is 0 Å². The summed E-state index contributed by atoms with van der Waals surface area (Å²) < 4.78 is 0. The molecule has 0 aromatic heterocycles. The summed E-state index contributed by atoms with van der Waals surface area (Å²) in [5.74, 6) is -0.136. The molecule has 27 heavy (non-hydrogen) atoms. The summed E-state index contributed by atoms with van der Waals surface area (Å²) in [6.07, 6.45) is 0.945. The van der Waals surface area contributed by atoms with Crippen molar-refractivity contribution in [3.63, 3.8) is 0 Å². The van der Waals surface area contributed by atoms with Crippen LogP contribution in [0, 0.1) is 13.8 Å². The summed E-state index contributed by atoms with van der Waals surface area (Å²) in [5.41, 5.74) is 3.89. The molecule has 0 bridgehead atoms. The summed E-state index contributed by atoms with van der Waals surface area (Å²) in [4.78, 5) is 28.9. The van der Waals surface area contributed by atoms with Gasteiger partial charge in [-0.1, -0.05) is 25.1 Å². The molecule has 2 aromatic rings. The van der Waals surface area contributed by atoms with Crippen molar-refractivity contribution in [3.8, 4) is 5.75 Å². The molecular weight excluding hydrogens is 340 g/mol. The molecule has 5 heteroatoms. The fourth-order valence-electron chi connectivity index (χ4n) is 3.32. The number of nitrogens with zero attached hydrogens (tertiary/aromatic N) is 2. The Morgan fingerprint density at radius 2 is 1.44 bits per heavy atom. The molecule has 2 amide bonds. The molecule has 0 atom stereocenters. The topological polar surface area (TPSA) is 60.9 Å². The average molecular weight is 366 g/mol. The van der Waals surface area contributed by atoms with E-state index < -0.39 is 0 Å². The molecule has 3 rings (SSSR count). The smallest absolute Gasteiger partial charge is 0.257 e. The summed E-state index contributed by atoms with van der Waals surface area (Å²) >= 11 is 0. The quantitative estimate of drug-likeness (QED) is 0.908. The molecule has 0 spiro atoms. The van der Waals surface area contributed by atoms with Gasteiger partial charge in [0.15, 0.2) is 0 Å². The first-order valence-corrected chi connectivity index (χ1v) is 9.39. The van der Waals surface area contributed by atoms with Crippen molar-refractivity contribution in [2.45, 2.75) is 27.2 Å². The Balaban J connectivity index is 1.65. The number of carbonyl (C=O) groups excluding carboxylic acids is 2. The number of amides is 2. The van der Waals surface area contributed by atoms with Gasteiger partial charge in [0.1, 0.15) is 5.75 Å². The van der Waals surface area contributed by atoms with Crippen molar-refractivity contribution >= 4 is 11.8 Å². The van der Waals surface area contributed by atoms with Crippen molar-refractivity contribution in [2.24, 2.45) is 0 Å². The highest BCUT2D eigenvalue weighted by Crippen LogP contribution is 2.26. The summed E-state index contributed by atoms with van der Waals surface area (Å²) in [5, 5.41) is 10.3. The van der Waals surface area contributed by atoms with Crippen LogP contribution in [0.5, 0.6) is 5.75 Å². The van der Waals surface area contributed by atoms with Crippen LogP contribution >= 0.6 is 0 Å². The fraction of sp³-hybridized carbons (Fsp3) is 0.364. The van der Waals surface area contributed by atoms with E-state index in [-0.39, 0.29) is 17.6 Å². The molecule has 0 saturated carbocycles. The van der Waals surface area contributed by atoms with Gasteiger partial charge in [0.2, 0.25) is 0 Å². The van der Waals surface area contributed by atoms with E-state index in [0.29, 0.717) is 37.3 Å². The maximum absolute atomic E-state index is 12.8. The summed E-state index contributed by atoms with van der Waals surface area (Å²) in [7, 11) is 0. The molecule has 142 valence electrons. The normalized spacial score (nSPS) is 14.3. The molecule has 1 fully saturated rings. The minimum atomic E-state index is -0.185. The van der Waals surface area contributed by atoms with Gasteiger partial charge in [-0.05, 0) is 55.2 Å². The predicted molar refractivity (Wildman–Crippen MR) is 105 cm³/mol. The van der Waals surface area contributed by atoms with Gasteiger partial charge in [0, 0.05) is 31.7 Å². The van der Waals surface area contributed by atoms with Crippen LogP contribution in [-0.4, -0.2) is 52.9 Å². The van der Waals surface area contributed by atoms with Gasteiger partial charge in [-0.3, -0.25) is 9.59 Å². The Hall–Kier alpha value is -2.82. The Labute approximate surface area is 160 Å². The number of benzene rings is 2. The monoisotopic (exact) mass is 366 g/mol. The SMILES string of the molecule is CCc1ccc(C(=O)N2CCN(C(=O)c3ccc(C)c(C)c3O)CC2)cc1. The van der Waals surface area contributed by atoms with Gasteiger partial charge in [0.05, 0.1) is 5.56 Å². The van der Waals surface area contributed by atoms with Gasteiger partial charge in [-0.15, -0.1) is 0 Å². The molecule has 1 N–H and O–H groups in total. The molecule has 0 radical (unpaired) electrons. The minimum Gasteiger partial charge on any atom is -0.507 e. The van der Waals surface area contributed by atoms with E-state index in [4.69, 9.17) is 0 Å². The number of aryl methyl sites for hydroxylation is 2. The number of rotatable bonds is 3. The molecule has 1 heterocycles. The largest absolute Gasteiger partial charge is 0.507 e. The van der Waals surface area contributed by atoms with Gasteiger partial charge in [0.25, 0.3) is 11.8 Å². The number of aromatic hydroxyl groups is 1. The molecule has 1 aliphatic heterocycles. The van der Waals surface area contributed by atoms with Gasteiger partial charge < -0.3 is 14.9 Å². The van der Waals surface area contributed by atoms with E-state index in [1.807, 2.05) is 44.2 Å². The fourth-order valence-corrected chi connectivity index (χ4v) is 3.32. The number of piperazine rings is 1. The molecule has 1 aliphatic rings. The van der Waals surface area contributed by atoms with Crippen LogP contribution in [0.2, 0.25) is 0 Å². The lowest BCUT2D eigenvalue weighted by molar-refractivity contribution is 0.0533. The Morgan fingerprint density at radius 3 is 2.00 bits per heavy atom. The third kappa shape index (κ3) is 3.82. The molecular formula is C22H26N2O3. The standard InChI is InChI=1S/C22H26N2O3/c1-4-17-6-8-18(9-7-17)21(26)23-11-13-24(14-12-23)22(27)19-10-5-15(2)16(3)20(19)25/h5-10,25H,4,11-14H2,1-3H3. The second kappa shape index (κ2) is 7.82. The van der Waals surface area contributed by atoms with E-state index in [1.165, 1.54) is 5.56 Å². The highest BCUT2D eigenvalue weighted by molar-refractivity contribution is 5.98. The maximum Gasteiger partial charge on any atom is 0.257 e. The number of phenolic OH excluding ortho intramolecular Hbond substituents is 1. The van der Waals surface area contributed by atoms with Crippen LogP contribution in [0.4, 0.5) is 0 Å². The van der Waals surface area contributed by atoms with Crippen LogP contribution in [0.3, 0.4) is 0 Å². The van der Waals surface area contributed by atoms with Crippen LogP contribution in [0.1, 0.15) is 44.3 Å². The Kier molecular flexibility index (Phi) is 5.49. The zero-order valence-corrected chi connectivity index (χ0v) is 16.2. The van der Waals surface area contributed by atoms with Crippen molar-refractivity contribution in [1.29, 1.82) is 0 Å². The first kappa shape index (κ1) is 19.0. The van der Waals surface area contributed by atoms with E-state index in [2.05, 4.69) is 6.92 Å². The number of phenols is 1. The van der Waals surface area contributed by atoms with Gasteiger partial charge in [-0.25, -0.2) is 0 Å². The average Bonchev–Trinajstić information content (AvgIpc) is 2.71. The lowest BCUT2D eigenvalue weighted by atomic mass is 10.0. The minimum absolute atomic E-state index is 0.00113. The van der Waals surface area contributed by atoms with Crippen LogP contribution in [0.15, 0.2) is 36.4 Å². The molecule has 1 saturated heterocycles. The maximum atomic E-state index is 12.8. The van der Waals surface area contributed by atoms with Crippen LogP contribution in [-0.2, 0) is 6.42 Å². The highest BCUT2D eigenvalue weighted by Gasteiger charge is 2.27. The van der Waals surface area contributed by atoms with Gasteiger partial charge >= 0.3 is 0 Å². The van der Waals surface area contributed by atoms with E-state index in [1.54, 1.807) is 15.9 Å². The van der Waals surface area contributed by atoms with Crippen LogP contribution < -0.4 is 0 Å². The number of hydrogen-bond donors (Lipinski definition) is 1. The second-order valence-electron chi connectivity index (χ2n) is 7.04. The number of hydrogen-bond acceptors (Lipinski definition) is 3. The summed E-state index contributed by atoms with van der Waals surface area (Å²) in [6, 6.07) is 11.2. The van der Waals surface area contributed by atoms with Gasteiger partial charge in [-0.2, -0.15) is 0 Å².